The van der Waals surface area contributed by atoms with Crippen LogP contribution in [0.3, 0.4) is 0 Å². The molecule has 1 aliphatic heterocycles. The number of amides is 1. The lowest BCUT2D eigenvalue weighted by Crippen LogP contribution is -2.56. The molecule has 1 atom stereocenters. The maximum atomic E-state index is 13.0. The van der Waals surface area contributed by atoms with E-state index in [0.717, 1.165) is 37.2 Å². The second-order valence-electron chi connectivity index (χ2n) is 6.73. The van der Waals surface area contributed by atoms with Crippen molar-refractivity contribution in [3.63, 3.8) is 0 Å². The molecule has 0 saturated carbocycles. The molecule has 1 aliphatic rings. The maximum Gasteiger partial charge on any atom is 0.248 e. The molecule has 1 aromatic heterocycles. The van der Waals surface area contributed by atoms with Crippen molar-refractivity contribution in [1.29, 1.82) is 0 Å². The number of carbonyl (C=O) groups excluding carboxylic acids is 1. The molecule has 6 heteroatoms. The number of nitrogens with one attached hydrogen (secondary N) is 2. The fourth-order valence-corrected chi connectivity index (χ4v) is 3.25. The van der Waals surface area contributed by atoms with Crippen molar-refractivity contribution in [3.8, 4) is 5.75 Å². The molecule has 6 nitrogen and oxygen atoms in total. The molecule has 1 fully saturated rings. The Labute approximate surface area is 148 Å². The average Bonchev–Trinajstić information content (AvgIpc) is 3.16. The summed E-state index contributed by atoms with van der Waals surface area (Å²) in [6.45, 7) is 6.04. The Kier molecular flexibility index (Phi) is 5.38. The van der Waals surface area contributed by atoms with Crippen molar-refractivity contribution in [2.24, 2.45) is 0 Å². The standard InChI is InChI=1S/C19H26N4O2/c1-15-5-3-6-17(13-15)25-14-16(2)22-18(24)19(7-10-20-11-8-19)23-12-4-9-21-23/h3-6,9,12-13,16,20H,7-8,10-11,14H2,1-2H3,(H,22,24). The number of hydrogen-bond acceptors (Lipinski definition) is 4. The number of carbonyl (C=O) groups is 1. The molecule has 1 amide bonds. The van der Waals surface area contributed by atoms with Gasteiger partial charge in [-0.2, -0.15) is 5.10 Å². The van der Waals surface area contributed by atoms with Crippen LogP contribution in [0.4, 0.5) is 0 Å². The van der Waals surface area contributed by atoms with Gasteiger partial charge < -0.3 is 15.4 Å². The van der Waals surface area contributed by atoms with Gasteiger partial charge >= 0.3 is 0 Å². The van der Waals surface area contributed by atoms with Crippen LogP contribution in [-0.4, -0.2) is 41.4 Å². The number of hydrogen-bond donors (Lipinski definition) is 2. The van der Waals surface area contributed by atoms with Gasteiger partial charge in [0.15, 0.2) is 0 Å². The van der Waals surface area contributed by atoms with Crippen molar-refractivity contribution >= 4 is 5.91 Å². The van der Waals surface area contributed by atoms with Crippen LogP contribution in [0.5, 0.6) is 5.75 Å². The van der Waals surface area contributed by atoms with E-state index in [1.165, 1.54) is 0 Å². The van der Waals surface area contributed by atoms with Gasteiger partial charge in [-0.25, -0.2) is 0 Å². The summed E-state index contributed by atoms with van der Waals surface area (Å²) < 4.78 is 7.61. The Hall–Kier alpha value is -2.34. The van der Waals surface area contributed by atoms with E-state index in [-0.39, 0.29) is 11.9 Å². The highest BCUT2D eigenvalue weighted by atomic mass is 16.5. The van der Waals surface area contributed by atoms with Crippen molar-refractivity contribution in [1.82, 2.24) is 20.4 Å². The quantitative estimate of drug-likeness (QED) is 0.841. The Bertz CT molecular complexity index is 693. The topological polar surface area (TPSA) is 68.2 Å². The highest BCUT2D eigenvalue weighted by Crippen LogP contribution is 2.27. The first-order valence-electron chi connectivity index (χ1n) is 8.81. The van der Waals surface area contributed by atoms with Crippen LogP contribution < -0.4 is 15.4 Å². The van der Waals surface area contributed by atoms with Crippen LogP contribution >= 0.6 is 0 Å². The molecule has 134 valence electrons. The zero-order chi connectivity index (χ0) is 17.7. The minimum absolute atomic E-state index is 0.0121. The van der Waals surface area contributed by atoms with Crippen molar-refractivity contribution < 1.29 is 9.53 Å². The van der Waals surface area contributed by atoms with Crippen molar-refractivity contribution in [2.45, 2.75) is 38.3 Å². The molecule has 0 radical (unpaired) electrons. The van der Waals surface area contributed by atoms with E-state index in [1.807, 2.05) is 50.4 Å². The van der Waals surface area contributed by atoms with E-state index in [2.05, 4.69) is 15.7 Å². The summed E-state index contributed by atoms with van der Waals surface area (Å²) in [6, 6.07) is 9.70. The lowest BCUT2D eigenvalue weighted by molar-refractivity contribution is -0.132. The van der Waals surface area contributed by atoms with E-state index in [9.17, 15) is 4.79 Å². The number of rotatable bonds is 6. The number of ether oxygens (including phenoxy) is 1. The first-order valence-corrected chi connectivity index (χ1v) is 8.81. The summed E-state index contributed by atoms with van der Waals surface area (Å²) in [4.78, 5) is 13.0. The third-order valence-electron chi connectivity index (χ3n) is 4.66. The van der Waals surface area contributed by atoms with Gasteiger partial charge in [-0.05, 0) is 63.5 Å². The molecule has 0 bridgehead atoms. The fraction of sp³-hybridized carbons (Fsp3) is 0.474. The minimum atomic E-state index is -0.619. The SMILES string of the molecule is Cc1cccc(OCC(C)NC(=O)C2(n3cccn3)CCNCC2)c1. The number of nitrogens with zero attached hydrogens (tertiary/aromatic N) is 2. The highest BCUT2D eigenvalue weighted by Gasteiger charge is 2.42. The number of piperidine rings is 1. The van der Waals surface area contributed by atoms with Crippen molar-refractivity contribution in [3.05, 3.63) is 48.3 Å². The first kappa shape index (κ1) is 17.5. The van der Waals surface area contributed by atoms with Crippen LogP contribution in [-0.2, 0) is 10.3 Å². The van der Waals surface area contributed by atoms with Crippen LogP contribution in [0.25, 0.3) is 0 Å². The van der Waals surface area contributed by atoms with Gasteiger partial charge in [-0.3, -0.25) is 9.48 Å². The van der Waals surface area contributed by atoms with Crippen molar-refractivity contribution in [2.75, 3.05) is 19.7 Å². The van der Waals surface area contributed by atoms with Gasteiger partial charge in [-0.15, -0.1) is 0 Å². The molecule has 2 aromatic rings. The second kappa shape index (κ2) is 7.70. The van der Waals surface area contributed by atoms with Gasteiger partial charge in [0.2, 0.25) is 5.91 Å². The third kappa shape index (κ3) is 4.02. The number of benzene rings is 1. The summed E-state index contributed by atoms with van der Waals surface area (Å²) in [7, 11) is 0. The van der Waals surface area contributed by atoms with Gasteiger partial charge in [-0.1, -0.05) is 12.1 Å². The lowest BCUT2D eigenvalue weighted by Gasteiger charge is -2.37. The average molecular weight is 342 g/mol. The van der Waals surface area contributed by atoms with Crippen LogP contribution in [0.15, 0.2) is 42.7 Å². The number of aryl methyl sites for hydroxylation is 1. The van der Waals surface area contributed by atoms with Crippen LogP contribution in [0.2, 0.25) is 0 Å². The molecular formula is C19H26N4O2. The molecule has 3 rings (SSSR count). The predicted molar refractivity (Wildman–Crippen MR) is 96.6 cm³/mol. The maximum absolute atomic E-state index is 13.0. The summed E-state index contributed by atoms with van der Waals surface area (Å²) >= 11 is 0. The molecule has 1 unspecified atom stereocenters. The Morgan fingerprint density at radius 2 is 2.20 bits per heavy atom. The monoisotopic (exact) mass is 342 g/mol. The van der Waals surface area contributed by atoms with E-state index < -0.39 is 5.54 Å². The van der Waals surface area contributed by atoms with E-state index >= 15 is 0 Å². The fourth-order valence-electron chi connectivity index (χ4n) is 3.25. The summed E-state index contributed by atoms with van der Waals surface area (Å²) in [5.41, 5.74) is 0.535. The molecule has 0 aliphatic carbocycles. The molecule has 2 N–H and O–H groups in total. The molecule has 1 aromatic carbocycles. The highest BCUT2D eigenvalue weighted by molar-refractivity contribution is 5.84. The normalized spacial score (nSPS) is 17.7. The van der Waals surface area contributed by atoms with Gasteiger partial charge in [0.25, 0.3) is 0 Å². The van der Waals surface area contributed by atoms with E-state index in [0.29, 0.717) is 6.61 Å². The largest absolute Gasteiger partial charge is 0.491 e. The first-order chi connectivity index (χ1) is 12.1. The minimum Gasteiger partial charge on any atom is -0.491 e. The van der Waals surface area contributed by atoms with Gasteiger partial charge in [0.05, 0.1) is 6.04 Å². The number of aromatic nitrogens is 2. The molecule has 2 heterocycles. The summed E-state index contributed by atoms with van der Waals surface area (Å²) in [5, 5.41) is 10.8. The molecule has 1 saturated heterocycles. The molecular weight excluding hydrogens is 316 g/mol. The summed E-state index contributed by atoms with van der Waals surface area (Å²) in [5.74, 6) is 0.836. The Balaban J connectivity index is 1.63. The molecule has 25 heavy (non-hydrogen) atoms. The van der Waals surface area contributed by atoms with E-state index in [4.69, 9.17) is 4.74 Å². The zero-order valence-electron chi connectivity index (χ0n) is 14.9. The third-order valence-corrected chi connectivity index (χ3v) is 4.66. The van der Waals surface area contributed by atoms with Crippen LogP contribution in [0, 0.1) is 6.92 Å². The van der Waals surface area contributed by atoms with Gasteiger partial charge in [0, 0.05) is 12.4 Å². The molecule has 0 spiro atoms. The lowest BCUT2D eigenvalue weighted by atomic mass is 9.87. The zero-order valence-corrected chi connectivity index (χ0v) is 14.9. The van der Waals surface area contributed by atoms with Crippen LogP contribution in [0.1, 0.15) is 25.3 Å². The second-order valence-corrected chi connectivity index (χ2v) is 6.73. The Morgan fingerprint density at radius 3 is 2.88 bits per heavy atom. The van der Waals surface area contributed by atoms with Gasteiger partial charge in [0.1, 0.15) is 17.9 Å². The Morgan fingerprint density at radius 1 is 1.40 bits per heavy atom. The summed E-state index contributed by atoms with van der Waals surface area (Å²) in [6.07, 6.45) is 5.05. The predicted octanol–water partition coefficient (Wildman–Crippen LogP) is 1.85. The van der Waals surface area contributed by atoms with E-state index in [1.54, 1.807) is 10.9 Å². The smallest absolute Gasteiger partial charge is 0.248 e.